The Morgan fingerprint density at radius 2 is 1.81 bits per heavy atom. The molecule has 0 aliphatic heterocycles. The van der Waals surface area contributed by atoms with E-state index in [1.54, 1.807) is 7.11 Å². The molecule has 1 rings (SSSR count). The summed E-state index contributed by atoms with van der Waals surface area (Å²) in [4.78, 5) is 0. The molecule has 3 nitrogen and oxygen atoms in total. The number of ether oxygens (including phenoxy) is 1. The van der Waals surface area contributed by atoms with Crippen LogP contribution in [-0.4, -0.2) is 37.1 Å². The van der Waals surface area contributed by atoms with E-state index >= 15 is 0 Å². The predicted octanol–water partition coefficient (Wildman–Crippen LogP) is 1.82. The minimum absolute atomic E-state index is 0.122. The van der Waals surface area contributed by atoms with Crippen molar-refractivity contribution >= 4 is 0 Å². The van der Waals surface area contributed by atoms with Crippen molar-refractivity contribution in [2.75, 3.05) is 26.9 Å². The average Bonchev–Trinajstić information content (AvgIpc) is 2.36. The van der Waals surface area contributed by atoms with E-state index in [2.05, 4.69) is 6.92 Å². The van der Waals surface area contributed by atoms with Crippen molar-refractivity contribution in [3.63, 3.8) is 0 Å². The third-order valence-electron chi connectivity index (χ3n) is 4.33. The van der Waals surface area contributed by atoms with E-state index in [0.717, 1.165) is 38.7 Å². The molecule has 16 heavy (non-hydrogen) atoms. The number of rotatable bonds is 6. The van der Waals surface area contributed by atoms with Crippen molar-refractivity contribution in [3.05, 3.63) is 0 Å². The molecule has 0 bridgehead atoms. The van der Waals surface area contributed by atoms with Gasteiger partial charge in [-0.2, -0.15) is 0 Å². The van der Waals surface area contributed by atoms with E-state index in [0.29, 0.717) is 11.8 Å². The Bertz CT molecular complexity index is 180. The molecule has 0 aromatic heterocycles. The summed E-state index contributed by atoms with van der Waals surface area (Å²) < 4.78 is 5.25. The van der Waals surface area contributed by atoms with Gasteiger partial charge in [0.25, 0.3) is 0 Å². The summed E-state index contributed by atoms with van der Waals surface area (Å²) in [6.07, 6.45) is 5.28. The van der Waals surface area contributed by atoms with Gasteiger partial charge in [-0.05, 0) is 37.5 Å². The second-order valence-corrected chi connectivity index (χ2v) is 5.28. The fourth-order valence-electron chi connectivity index (χ4n) is 2.89. The Morgan fingerprint density at radius 3 is 2.19 bits per heavy atom. The minimum atomic E-state index is -0.206. The van der Waals surface area contributed by atoms with Crippen LogP contribution in [0.25, 0.3) is 0 Å². The molecule has 1 fully saturated rings. The Balaban J connectivity index is 2.46. The van der Waals surface area contributed by atoms with Crippen LogP contribution in [0.4, 0.5) is 0 Å². The summed E-state index contributed by atoms with van der Waals surface area (Å²) in [6, 6.07) is 0. The first kappa shape index (κ1) is 13.9. The van der Waals surface area contributed by atoms with Gasteiger partial charge in [0.1, 0.15) is 0 Å². The molecule has 0 heterocycles. The van der Waals surface area contributed by atoms with Gasteiger partial charge in [-0.1, -0.05) is 13.3 Å². The molecule has 0 spiro atoms. The molecule has 1 atom stereocenters. The third-order valence-corrected chi connectivity index (χ3v) is 4.33. The highest BCUT2D eigenvalue weighted by Crippen LogP contribution is 2.41. The molecule has 2 N–H and O–H groups in total. The maximum Gasteiger partial charge on any atom is 0.0509 e. The van der Waals surface area contributed by atoms with Gasteiger partial charge in [-0.15, -0.1) is 0 Å². The van der Waals surface area contributed by atoms with Crippen molar-refractivity contribution in [1.82, 2.24) is 0 Å². The van der Waals surface area contributed by atoms with Gasteiger partial charge in [0.15, 0.2) is 0 Å². The van der Waals surface area contributed by atoms with Crippen molar-refractivity contribution in [2.24, 2.45) is 17.3 Å². The first-order valence-corrected chi connectivity index (χ1v) is 6.42. The second kappa shape index (κ2) is 6.58. The highest BCUT2D eigenvalue weighted by atomic mass is 16.5. The monoisotopic (exact) mass is 230 g/mol. The predicted molar refractivity (Wildman–Crippen MR) is 64.2 cm³/mol. The van der Waals surface area contributed by atoms with Gasteiger partial charge in [-0.25, -0.2) is 0 Å². The average molecular weight is 230 g/mol. The van der Waals surface area contributed by atoms with Crippen LogP contribution in [0.1, 0.15) is 39.0 Å². The van der Waals surface area contributed by atoms with E-state index in [1.165, 1.54) is 0 Å². The topological polar surface area (TPSA) is 49.7 Å². The van der Waals surface area contributed by atoms with Gasteiger partial charge in [-0.3, -0.25) is 0 Å². The number of hydrogen-bond acceptors (Lipinski definition) is 3. The second-order valence-electron chi connectivity index (χ2n) is 5.28. The van der Waals surface area contributed by atoms with Crippen LogP contribution in [0.3, 0.4) is 0 Å². The Kier molecular flexibility index (Phi) is 5.73. The molecule has 1 saturated carbocycles. The zero-order valence-electron chi connectivity index (χ0n) is 10.6. The van der Waals surface area contributed by atoms with Crippen LogP contribution in [0.5, 0.6) is 0 Å². The minimum Gasteiger partial charge on any atom is -0.396 e. The van der Waals surface area contributed by atoms with Crippen molar-refractivity contribution in [1.29, 1.82) is 0 Å². The molecule has 0 amide bonds. The SMILES string of the molecule is CCC(COC)C1CCC(CO)(CO)CC1. The fourth-order valence-corrected chi connectivity index (χ4v) is 2.89. The van der Waals surface area contributed by atoms with E-state index < -0.39 is 0 Å². The molecular formula is C13H26O3. The zero-order chi connectivity index (χ0) is 12.0. The smallest absolute Gasteiger partial charge is 0.0509 e. The number of hydrogen-bond donors (Lipinski definition) is 2. The van der Waals surface area contributed by atoms with E-state index in [1.807, 2.05) is 0 Å². The highest BCUT2D eigenvalue weighted by molar-refractivity contribution is 4.86. The van der Waals surface area contributed by atoms with Crippen molar-refractivity contribution in [3.8, 4) is 0 Å². The molecule has 96 valence electrons. The molecule has 3 heteroatoms. The molecule has 0 aromatic carbocycles. The molecule has 0 radical (unpaired) electrons. The van der Waals surface area contributed by atoms with Gasteiger partial charge < -0.3 is 14.9 Å². The summed E-state index contributed by atoms with van der Waals surface area (Å²) in [5.41, 5.74) is -0.206. The maximum atomic E-state index is 9.34. The lowest BCUT2D eigenvalue weighted by molar-refractivity contribution is -0.00548. The quantitative estimate of drug-likeness (QED) is 0.732. The Labute approximate surface area is 98.8 Å². The first-order valence-electron chi connectivity index (χ1n) is 6.42. The highest BCUT2D eigenvalue weighted by Gasteiger charge is 2.36. The van der Waals surface area contributed by atoms with Crippen LogP contribution in [0.15, 0.2) is 0 Å². The third kappa shape index (κ3) is 3.19. The van der Waals surface area contributed by atoms with Crippen molar-refractivity contribution in [2.45, 2.75) is 39.0 Å². The summed E-state index contributed by atoms with van der Waals surface area (Å²) in [5.74, 6) is 1.34. The normalized spacial score (nSPS) is 23.2. The van der Waals surface area contributed by atoms with Gasteiger partial charge in [0.2, 0.25) is 0 Å². The molecule has 1 aliphatic carbocycles. The summed E-state index contributed by atoms with van der Waals surface area (Å²) in [7, 11) is 1.76. The summed E-state index contributed by atoms with van der Waals surface area (Å²) >= 11 is 0. The van der Waals surface area contributed by atoms with Crippen LogP contribution in [0.2, 0.25) is 0 Å². The van der Waals surface area contributed by atoms with Gasteiger partial charge in [0.05, 0.1) is 13.2 Å². The Hall–Kier alpha value is -0.120. The summed E-state index contributed by atoms with van der Waals surface area (Å²) in [5, 5.41) is 18.7. The lowest BCUT2D eigenvalue weighted by Crippen LogP contribution is -2.36. The molecular weight excluding hydrogens is 204 g/mol. The zero-order valence-corrected chi connectivity index (χ0v) is 10.6. The van der Waals surface area contributed by atoms with Gasteiger partial charge in [0, 0.05) is 19.1 Å². The molecule has 1 unspecified atom stereocenters. The van der Waals surface area contributed by atoms with E-state index in [4.69, 9.17) is 4.74 Å². The lowest BCUT2D eigenvalue weighted by atomic mass is 9.68. The first-order chi connectivity index (χ1) is 7.71. The number of methoxy groups -OCH3 is 1. The number of aliphatic hydroxyl groups is 2. The van der Waals surface area contributed by atoms with Crippen LogP contribution in [0, 0.1) is 17.3 Å². The molecule has 0 aromatic rings. The standard InChI is InChI=1S/C13H26O3/c1-3-11(8-16-2)12-4-6-13(9-14,10-15)7-5-12/h11-12,14-15H,3-10H2,1-2H3. The largest absolute Gasteiger partial charge is 0.396 e. The van der Waals surface area contributed by atoms with Gasteiger partial charge >= 0.3 is 0 Å². The fraction of sp³-hybridized carbons (Fsp3) is 1.00. The van der Waals surface area contributed by atoms with E-state index in [9.17, 15) is 10.2 Å². The van der Waals surface area contributed by atoms with Crippen LogP contribution >= 0.6 is 0 Å². The van der Waals surface area contributed by atoms with Crippen LogP contribution < -0.4 is 0 Å². The molecule has 0 saturated heterocycles. The van der Waals surface area contributed by atoms with Crippen molar-refractivity contribution < 1.29 is 14.9 Å². The summed E-state index contributed by atoms with van der Waals surface area (Å²) in [6.45, 7) is 3.30. The van der Waals surface area contributed by atoms with E-state index in [-0.39, 0.29) is 18.6 Å². The number of aliphatic hydroxyl groups excluding tert-OH is 2. The lowest BCUT2D eigenvalue weighted by Gasteiger charge is -2.40. The van der Waals surface area contributed by atoms with Crippen LogP contribution in [-0.2, 0) is 4.74 Å². The maximum absolute atomic E-state index is 9.34. The Morgan fingerprint density at radius 1 is 1.25 bits per heavy atom. The molecule has 1 aliphatic rings.